The molecule has 7 heteroatoms. The summed E-state index contributed by atoms with van der Waals surface area (Å²) >= 11 is 0. The molecule has 3 aromatic carbocycles. The minimum atomic E-state index is -3.69. The Morgan fingerprint density at radius 1 is 0.935 bits per heavy atom. The van der Waals surface area contributed by atoms with Crippen molar-refractivity contribution in [3.05, 3.63) is 96.2 Å². The average molecular weight is 434 g/mol. The van der Waals surface area contributed by atoms with Crippen LogP contribution in [0.25, 0.3) is 10.9 Å². The normalized spacial score (nSPS) is 11.4. The van der Waals surface area contributed by atoms with Gasteiger partial charge in [-0.15, -0.1) is 0 Å². The largest absolute Gasteiger partial charge is 0.338 e. The van der Waals surface area contributed by atoms with Gasteiger partial charge in [0.15, 0.2) is 0 Å². The number of urea groups is 1. The van der Waals surface area contributed by atoms with Crippen molar-refractivity contribution in [3.8, 4) is 0 Å². The van der Waals surface area contributed by atoms with Gasteiger partial charge in [-0.25, -0.2) is 17.2 Å². The molecule has 0 atom stereocenters. The van der Waals surface area contributed by atoms with E-state index in [1.807, 2.05) is 55.5 Å². The molecule has 158 valence electrons. The molecule has 6 nitrogen and oxygen atoms in total. The first-order valence-corrected chi connectivity index (χ1v) is 11.4. The fraction of sp³-hybridized carbons (Fsp3) is 0.125. The number of amides is 2. The molecule has 0 spiro atoms. The summed E-state index contributed by atoms with van der Waals surface area (Å²) in [6.45, 7) is 2.34. The number of para-hydroxylation sites is 1. The molecule has 2 amide bonds. The van der Waals surface area contributed by atoms with Gasteiger partial charge in [-0.05, 0) is 55.3 Å². The summed E-state index contributed by atoms with van der Waals surface area (Å²) in [4.78, 5) is 12.3. The van der Waals surface area contributed by atoms with Crippen LogP contribution in [0, 0.1) is 6.92 Å². The van der Waals surface area contributed by atoms with Crippen molar-refractivity contribution < 1.29 is 13.2 Å². The first-order valence-electron chi connectivity index (χ1n) is 9.96. The number of nitrogens with zero attached hydrogens (tertiary/aromatic N) is 1. The standard InChI is InChI=1S/C24H23N3O3S/c1-18-7-11-22(12-8-18)31(29,30)27-16-14-20-10-9-19(17-23(20)27)13-15-25-24(28)26-21-5-3-2-4-6-21/h2-12,14,16-17H,13,15H2,1H3,(H2,25,26,28). The Bertz CT molecular complexity index is 1310. The van der Waals surface area contributed by atoms with E-state index in [0.29, 0.717) is 18.5 Å². The Morgan fingerprint density at radius 3 is 2.42 bits per heavy atom. The lowest BCUT2D eigenvalue weighted by Gasteiger charge is -2.10. The van der Waals surface area contributed by atoms with Crippen molar-refractivity contribution in [1.29, 1.82) is 0 Å². The summed E-state index contributed by atoms with van der Waals surface area (Å²) in [5.74, 6) is 0. The molecule has 0 aliphatic heterocycles. The quantitative estimate of drug-likeness (QED) is 0.468. The first-order chi connectivity index (χ1) is 14.9. The second kappa shape index (κ2) is 8.65. The van der Waals surface area contributed by atoms with E-state index < -0.39 is 10.0 Å². The summed E-state index contributed by atoms with van der Waals surface area (Å²) in [6.07, 6.45) is 2.16. The molecule has 4 rings (SSSR count). The van der Waals surface area contributed by atoms with Crippen LogP contribution in [0.15, 0.2) is 90.0 Å². The number of hydrogen-bond acceptors (Lipinski definition) is 3. The maximum atomic E-state index is 13.1. The van der Waals surface area contributed by atoms with Crippen LogP contribution in [0.1, 0.15) is 11.1 Å². The van der Waals surface area contributed by atoms with E-state index in [1.165, 1.54) is 3.97 Å². The third-order valence-corrected chi connectivity index (χ3v) is 6.73. The number of aromatic nitrogens is 1. The van der Waals surface area contributed by atoms with E-state index in [1.54, 1.807) is 36.5 Å². The van der Waals surface area contributed by atoms with Gasteiger partial charge >= 0.3 is 6.03 Å². The van der Waals surface area contributed by atoms with E-state index in [0.717, 1.165) is 22.2 Å². The molecular weight excluding hydrogens is 410 g/mol. The number of carbonyl (C=O) groups is 1. The Hall–Kier alpha value is -3.58. The van der Waals surface area contributed by atoms with E-state index in [-0.39, 0.29) is 10.9 Å². The van der Waals surface area contributed by atoms with Crippen LogP contribution < -0.4 is 10.6 Å². The van der Waals surface area contributed by atoms with Crippen molar-refractivity contribution in [2.24, 2.45) is 0 Å². The summed E-state index contributed by atoms with van der Waals surface area (Å²) in [6, 6.07) is 23.2. The molecule has 1 aromatic heterocycles. The van der Waals surface area contributed by atoms with Crippen LogP contribution in [0.2, 0.25) is 0 Å². The Labute approximate surface area is 181 Å². The number of aryl methyl sites for hydroxylation is 1. The minimum Gasteiger partial charge on any atom is -0.338 e. The predicted molar refractivity (Wildman–Crippen MR) is 123 cm³/mol. The van der Waals surface area contributed by atoms with Crippen molar-refractivity contribution in [1.82, 2.24) is 9.29 Å². The van der Waals surface area contributed by atoms with Crippen LogP contribution in [-0.4, -0.2) is 25.0 Å². The predicted octanol–water partition coefficient (Wildman–Crippen LogP) is 4.55. The number of hydrogen-bond donors (Lipinski definition) is 2. The van der Waals surface area contributed by atoms with Crippen LogP contribution in [0.3, 0.4) is 0 Å². The molecule has 0 fully saturated rings. The van der Waals surface area contributed by atoms with Gasteiger partial charge in [0.05, 0.1) is 10.4 Å². The van der Waals surface area contributed by atoms with E-state index >= 15 is 0 Å². The smallest absolute Gasteiger partial charge is 0.319 e. The fourth-order valence-electron chi connectivity index (χ4n) is 3.36. The van der Waals surface area contributed by atoms with Crippen molar-refractivity contribution >= 4 is 32.6 Å². The first kappa shape index (κ1) is 20.7. The summed E-state index contributed by atoms with van der Waals surface area (Å²) in [5, 5.41) is 6.44. The number of anilines is 1. The summed E-state index contributed by atoms with van der Waals surface area (Å²) in [7, 11) is -3.69. The summed E-state index contributed by atoms with van der Waals surface area (Å²) in [5.41, 5.74) is 3.28. The van der Waals surface area contributed by atoms with Gasteiger partial charge in [-0.2, -0.15) is 0 Å². The summed E-state index contributed by atoms with van der Waals surface area (Å²) < 4.78 is 27.5. The monoisotopic (exact) mass is 433 g/mol. The number of benzene rings is 3. The van der Waals surface area contributed by atoms with Gasteiger partial charge in [0, 0.05) is 23.8 Å². The molecule has 2 N–H and O–H groups in total. The molecule has 4 aromatic rings. The Balaban J connectivity index is 1.48. The molecular formula is C24H23N3O3S. The minimum absolute atomic E-state index is 0.250. The molecule has 0 aliphatic carbocycles. The highest BCUT2D eigenvalue weighted by molar-refractivity contribution is 7.90. The van der Waals surface area contributed by atoms with Crippen LogP contribution in [0.5, 0.6) is 0 Å². The van der Waals surface area contributed by atoms with E-state index in [4.69, 9.17) is 0 Å². The van der Waals surface area contributed by atoms with Crippen LogP contribution >= 0.6 is 0 Å². The molecule has 31 heavy (non-hydrogen) atoms. The lowest BCUT2D eigenvalue weighted by Crippen LogP contribution is -2.30. The van der Waals surface area contributed by atoms with Gasteiger partial charge in [0.25, 0.3) is 10.0 Å². The zero-order valence-corrected chi connectivity index (χ0v) is 17.9. The Kier molecular flexibility index (Phi) is 5.77. The molecule has 0 bridgehead atoms. The average Bonchev–Trinajstić information content (AvgIpc) is 3.19. The highest BCUT2D eigenvalue weighted by Crippen LogP contribution is 2.23. The highest BCUT2D eigenvalue weighted by atomic mass is 32.2. The third-order valence-electron chi connectivity index (χ3n) is 5.03. The van der Waals surface area contributed by atoms with Crippen molar-refractivity contribution in [2.45, 2.75) is 18.2 Å². The van der Waals surface area contributed by atoms with Gasteiger partial charge in [-0.1, -0.05) is 48.0 Å². The van der Waals surface area contributed by atoms with Crippen molar-refractivity contribution in [3.63, 3.8) is 0 Å². The van der Waals surface area contributed by atoms with Crippen LogP contribution in [0.4, 0.5) is 10.5 Å². The zero-order valence-electron chi connectivity index (χ0n) is 17.1. The van der Waals surface area contributed by atoms with Gasteiger partial charge in [-0.3, -0.25) is 0 Å². The molecule has 0 saturated heterocycles. The van der Waals surface area contributed by atoms with Gasteiger partial charge in [0.1, 0.15) is 0 Å². The fourth-order valence-corrected chi connectivity index (χ4v) is 4.70. The topological polar surface area (TPSA) is 80.2 Å². The molecule has 0 saturated carbocycles. The van der Waals surface area contributed by atoms with Gasteiger partial charge in [0.2, 0.25) is 0 Å². The highest BCUT2D eigenvalue weighted by Gasteiger charge is 2.18. The van der Waals surface area contributed by atoms with E-state index in [9.17, 15) is 13.2 Å². The van der Waals surface area contributed by atoms with E-state index in [2.05, 4.69) is 10.6 Å². The SMILES string of the molecule is Cc1ccc(S(=O)(=O)n2ccc3ccc(CCNC(=O)Nc4ccccc4)cc32)cc1. The lowest BCUT2D eigenvalue weighted by atomic mass is 10.1. The van der Waals surface area contributed by atoms with Crippen molar-refractivity contribution in [2.75, 3.05) is 11.9 Å². The van der Waals surface area contributed by atoms with Crippen LogP contribution in [-0.2, 0) is 16.4 Å². The second-order valence-electron chi connectivity index (χ2n) is 7.32. The lowest BCUT2D eigenvalue weighted by molar-refractivity contribution is 0.252. The molecule has 1 heterocycles. The number of fused-ring (bicyclic) bond motifs is 1. The number of rotatable bonds is 6. The number of carbonyl (C=O) groups excluding carboxylic acids is 1. The molecule has 0 radical (unpaired) electrons. The maximum absolute atomic E-state index is 13.1. The number of nitrogens with one attached hydrogen (secondary N) is 2. The second-order valence-corrected chi connectivity index (χ2v) is 9.13. The Morgan fingerprint density at radius 2 is 1.68 bits per heavy atom. The third kappa shape index (κ3) is 4.62. The zero-order chi connectivity index (χ0) is 21.8. The maximum Gasteiger partial charge on any atom is 0.319 e. The molecule has 0 unspecified atom stereocenters. The molecule has 0 aliphatic rings. The van der Waals surface area contributed by atoms with Gasteiger partial charge < -0.3 is 10.6 Å².